The van der Waals surface area contributed by atoms with Crippen LogP contribution in [0.15, 0.2) is 24.3 Å². The van der Waals surface area contributed by atoms with E-state index in [9.17, 15) is 4.79 Å². The predicted molar refractivity (Wildman–Crippen MR) is 123 cm³/mol. The van der Waals surface area contributed by atoms with Crippen LogP contribution < -0.4 is 21.3 Å². The minimum Gasteiger partial charge on any atom is -0.382 e. The maximum Gasteiger partial charge on any atom is 0.235 e. The van der Waals surface area contributed by atoms with Gasteiger partial charge in [0.25, 0.3) is 0 Å². The van der Waals surface area contributed by atoms with Crippen LogP contribution in [0.4, 0.5) is 0 Å². The third kappa shape index (κ3) is 4.81. The number of methoxy groups -OCH3 is 1. The monoisotopic (exact) mass is 460 g/mol. The minimum absolute atomic E-state index is 0.00314. The smallest absolute Gasteiger partial charge is 0.235 e. The van der Waals surface area contributed by atoms with Crippen LogP contribution >= 0.6 is 11.3 Å². The first-order valence-corrected chi connectivity index (χ1v) is 12.3. The average Bonchev–Trinajstić information content (AvgIpc) is 3.23. The zero-order valence-electron chi connectivity index (χ0n) is 18.4. The van der Waals surface area contributed by atoms with Crippen LogP contribution in [0.2, 0.25) is 0 Å². The summed E-state index contributed by atoms with van der Waals surface area (Å²) in [5, 5.41) is 14.9. The molecule has 1 aromatic heterocycles. The van der Waals surface area contributed by atoms with Gasteiger partial charge in [-0.15, -0.1) is 11.3 Å². The number of carbonyl (C=O) groups excluding carboxylic acids is 1. The van der Waals surface area contributed by atoms with E-state index in [0.717, 1.165) is 47.7 Å². The lowest BCUT2D eigenvalue weighted by atomic mass is 10.00. The van der Waals surface area contributed by atoms with Gasteiger partial charge in [0, 0.05) is 32.8 Å². The van der Waals surface area contributed by atoms with Crippen molar-refractivity contribution in [2.75, 3.05) is 46.5 Å². The van der Waals surface area contributed by atoms with Gasteiger partial charge in [-0.1, -0.05) is 12.1 Å². The fourth-order valence-corrected chi connectivity index (χ4v) is 5.92. The molecule has 5 atom stereocenters. The zero-order chi connectivity index (χ0) is 21.9. The molecule has 174 valence electrons. The number of nitrogens with one attached hydrogen (secondary N) is 4. The number of piperidine rings is 1. The highest BCUT2D eigenvalue weighted by molar-refractivity contribution is 7.18. The van der Waals surface area contributed by atoms with Crippen LogP contribution in [0.3, 0.4) is 0 Å². The first-order chi connectivity index (χ1) is 15.7. The molecule has 1 aromatic carbocycles. The molecule has 1 amide bonds. The molecular formula is C22H32N6O3S. The molecule has 3 fully saturated rings. The number of hydrogen-bond acceptors (Lipinski definition) is 9. The fourth-order valence-electron chi connectivity index (χ4n) is 4.81. The van der Waals surface area contributed by atoms with E-state index < -0.39 is 0 Å². The third-order valence-corrected chi connectivity index (χ3v) is 7.53. The molecule has 32 heavy (non-hydrogen) atoms. The van der Waals surface area contributed by atoms with Gasteiger partial charge in [0.15, 0.2) is 0 Å². The summed E-state index contributed by atoms with van der Waals surface area (Å²) in [5.41, 5.74) is 0.941. The second kappa shape index (κ2) is 10.1. The first kappa shape index (κ1) is 22.1. The number of para-hydroxylation sites is 1. The number of ether oxygens (including phenoxy) is 2. The Bertz CT molecular complexity index is 885. The van der Waals surface area contributed by atoms with Gasteiger partial charge in [0.2, 0.25) is 5.91 Å². The second-order valence-electron chi connectivity index (χ2n) is 8.71. The predicted octanol–water partition coefficient (Wildman–Crippen LogP) is 0.398. The van der Waals surface area contributed by atoms with Crippen LogP contribution in [0, 0.1) is 0 Å². The summed E-state index contributed by atoms with van der Waals surface area (Å²) in [5.74, 6) is -0.384. The summed E-state index contributed by atoms with van der Waals surface area (Å²) in [4.78, 5) is 20.5. The van der Waals surface area contributed by atoms with Gasteiger partial charge in [-0.25, -0.2) is 4.98 Å². The zero-order valence-corrected chi connectivity index (χ0v) is 19.2. The van der Waals surface area contributed by atoms with Crippen LogP contribution in [0.25, 0.3) is 10.2 Å². The third-order valence-electron chi connectivity index (χ3n) is 6.41. The lowest BCUT2D eigenvalue weighted by molar-refractivity contribution is -0.134. The molecule has 10 heteroatoms. The number of hydrogen-bond donors (Lipinski definition) is 4. The van der Waals surface area contributed by atoms with Crippen molar-refractivity contribution in [1.82, 2.24) is 31.2 Å². The fraction of sp³-hybridized carbons (Fsp3) is 0.636. The number of carbonyl (C=O) groups is 1. The van der Waals surface area contributed by atoms with Crippen LogP contribution in [-0.2, 0) is 14.3 Å². The Kier molecular flexibility index (Phi) is 6.98. The minimum atomic E-state index is -0.388. The second-order valence-corrected chi connectivity index (χ2v) is 9.77. The van der Waals surface area contributed by atoms with Crippen molar-refractivity contribution in [3.05, 3.63) is 29.3 Å². The van der Waals surface area contributed by atoms with Crippen molar-refractivity contribution in [1.29, 1.82) is 0 Å². The number of fused-ring (bicyclic) bond motifs is 1. The number of morpholine rings is 1. The van der Waals surface area contributed by atoms with Gasteiger partial charge in [0.1, 0.15) is 17.2 Å². The topological polar surface area (TPSA) is 99.8 Å². The molecule has 0 saturated carbocycles. The van der Waals surface area contributed by atoms with Gasteiger partial charge in [-0.05, 0) is 31.5 Å². The molecule has 4 unspecified atom stereocenters. The van der Waals surface area contributed by atoms with Gasteiger partial charge >= 0.3 is 0 Å². The van der Waals surface area contributed by atoms with Crippen LogP contribution in [-0.4, -0.2) is 86.9 Å². The van der Waals surface area contributed by atoms with Crippen molar-refractivity contribution in [3.63, 3.8) is 0 Å². The molecule has 3 aliphatic heterocycles. The first-order valence-electron chi connectivity index (χ1n) is 11.4. The molecule has 4 heterocycles. The summed E-state index contributed by atoms with van der Waals surface area (Å²) in [6, 6.07) is 8.38. The summed E-state index contributed by atoms with van der Waals surface area (Å²) in [6.45, 7) is 4.58. The van der Waals surface area contributed by atoms with E-state index in [0.29, 0.717) is 25.8 Å². The van der Waals surface area contributed by atoms with Crippen LogP contribution in [0.5, 0.6) is 0 Å². The number of thiazole rings is 1. The number of amides is 1. The number of rotatable bonds is 6. The maximum atomic E-state index is 13.5. The molecule has 3 saturated heterocycles. The Morgan fingerprint density at radius 2 is 2.28 bits per heavy atom. The Morgan fingerprint density at radius 3 is 3.09 bits per heavy atom. The van der Waals surface area contributed by atoms with Crippen molar-refractivity contribution in [3.8, 4) is 0 Å². The van der Waals surface area contributed by atoms with Crippen LogP contribution in [0.1, 0.15) is 23.8 Å². The highest BCUT2D eigenvalue weighted by Crippen LogP contribution is 2.31. The molecule has 3 aliphatic rings. The maximum absolute atomic E-state index is 13.5. The summed E-state index contributed by atoms with van der Waals surface area (Å²) in [7, 11) is 1.68. The molecule has 0 bridgehead atoms. The summed E-state index contributed by atoms with van der Waals surface area (Å²) < 4.78 is 12.2. The number of nitrogens with zero attached hydrogens (tertiary/aromatic N) is 2. The molecule has 4 N–H and O–H groups in total. The van der Waals surface area contributed by atoms with Gasteiger partial charge in [-0.3, -0.25) is 20.3 Å². The van der Waals surface area contributed by atoms with Crippen molar-refractivity contribution < 1.29 is 14.3 Å². The standard InChI is InChI=1S/C22H32N6O3S/c1-30-13-15-12-28(9-10-31-15)22-26-19(24-14-5-4-8-23-11-14)18(20(29)27-22)21-25-16-6-2-3-7-17(16)32-21/h2-3,6-7,14-15,18-19,22-24,26H,4-5,8-13H2,1H3,(H,27,29)/t14-,15?,18?,19?,22?/m1/s1. The Labute approximate surface area is 192 Å². The van der Waals surface area contributed by atoms with E-state index in [1.807, 2.05) is 18.2 Å². The van der Waals surface area contributed by atoms with E-state index in [4.69, 9.17) is 14.5 Å². The van der Waals surface area contributed by atoms with E-state index in [1.165, 1.54) is 0 Å². The van der Waals surface area contributed by atoms with Crippen molar-refractivity contribution >= 4 is 27.5 Å². The summed E-state index contributed by atoms with van der Waals surface area (Å²) in [6.07, 6.45) is 1.77. The Hall–Kier alpha value is -1.66. The van der Waals surface area contributed by atoms with E-state index in [-0.39, 0.29) is 30.4 Å². The lowest BCUT2D eigenvalue weighted by Gasteiger charge is -2.45. The van der Waals surface area contributed by atoms with Gasteiger partial charge in [-0.2, -0.15) is 0 Å². The highest BCUT2D eigenvalue weighted by atomic mass is 32.1. The molecule has 0 radical (unpaired) electrons. The quantitative estimate of drug-likeness (QED) is 0.492. The number of aromatic nitrogens is 1. The van der Waals surface area contributed by atoms with Crippen molar-refractivity contribution in [2.45, 2.75) is 43.4 Å². The Morgan fingerprint density at radius 1 is 1.38 bits per heavy atom. The Balaban J connectivity index is 1.38. The number of benzene rings is 1. The molecule has 0 aliphatic carbocycles. The molecule has 5 rings (SSSR count). The largest absolute Gasteiger partial charge is 0.382 e. The molecular weight excluding hydrogens is 428 g/mol. The SMILES string of the molecule is COCC1CN(C2NC(=O)C(c3nc4ccccc4s3)C(N[C@@H]3CCCNC3)N2)CCO1. The highest BCUT2D eigenvalue weighted by Gasteiger charge is 2.42. The van der Waals surface area contributed by atoms with E-state index in [1.54, 1.807) is 18.4 Å². The normalized spacial score (nSPS) is 32.2. The van der Waals surface area contributed by atoms with Crippen molar-refractivity contribution in [2.24, 2.45) is 0 Å². The summed E-state index contributed by atoms with van der Waals surface area (Å²) >= 11 is 1.60. The molecule has 2 aromatic rings. The van der Waals surface area contributed by atoms with Gasteiger partial charge in [0.05, 0.1) is 35.7 Å². The van der Waals surface area contributed by atoms with E-state index in [2.05, 4.69) is 32.2 Å². The lowest BCUT2D eigenvalue weighted by Crippen LogP contribution is -2.72. The molecule has 0 spiro atoms. The average molecular weight is 461 g/mol. The van der Waals surface area contributed by atoms with E-state index >= 15 is 0 Å². The van der Waals surface area contributed by atoms with Gasteiger partial charge < -0.3 is 20.1 Å². The molecule has 9 nitrogen and oxygen atoms in total.